The topological polar surface area (TPSA) is 101 Å². The van der Waals surface area contributed by atoms with Crippen LogP contribution in [0.1, 0.15) is 32.0 Å². The standard InChI is InChI=1S/C19H15ClN4O2/c1-24-16-8-15(20)5-4-11(16)7-17(24)19(26)23-10-13-3-2-12(18(22)25)6-14(13)9-21/h2-8H,10H2,1H3,(H2,22,25)(H,23,26). The third kappa shape index (κ3) is 3.25. The molecular formula is C19H15ClN4O2. The van der Waals surface area contributed by atoms with Gasteiger partial charge in [-0.05, 0) is 35.9 Å². The fourth-order valence-electron chi connectivity index (χ4n) is 2.78. The highest BCUT2D eigenvalue weighted by Crippen LogP contribution is 2.22. The van der Waals surface area contributed by atoms with E-state index in [-0.39, 0.29) is 18.0 Å². The number of carbonyl (C=O) groups excluding carboxylic acids is 2. The fourth-order valence-corrected chi connectivity index (χ4v) is 2.94. The van der Waals surface area contributed by atoms with Crippen molar-refractivity contribution in [3.8, 4) is 6.07 Å². The first-order valence-electron chi connectivity index (χ1n) is 7.76. The second kappa shape index (κ2) is 6.90. The predicted molar refractivity (Wildman–Crippen MR) is 98.8 cm³/mol. The number of hydrogen-bond acceptors (Lipinski definition) is 3. The molecule has 0 atom stereocenters. The van der Waals surface area contributed by atoms with Crippen LogP contribution in [0.2, 0.25) is 5.02 Å². The van der Waals surface area contributed by atoms with Crippen LogP contribution < -0.4 is 11.1 Å². The highest BCUT2D eigenvalue weighted by molar-refractivity contribution is 6.31. The van der Waals surface area contributed by atoms with Gasteiger partial charge >= 0.3 is 0 Å². The van der Waals surface area contributed by atoms with Crippen molar-refractivity contribution in [2.24, 2.45) is 12.8 Å². The van der Waals surface area contributed by atoms with Gasteiger partial charge in [0.05, 0.1) is 11.6 Å². The molecular weight excluding hydrogens is 352 g/mol. The summed E-state index contributed by atoms with van der Waals surface area (Å²) < 4.78 is 1.76. The van der Waals surface area contributed by atoms with Crippen LogP contribution in [0.3, 0.4) is 0 Å². The van der Waals surface area contributed by atoms with Crippen molar-refractivity contribution in [2.75, 3.05) is 0 Å². The number of halogens is 1. The summed E-state index contributed by atoms with van der Waals surface area (Å²) in [6, 6.07) is 13.8. The molecule has 0 saturated carbocycles. The number of hydrogen-bond donors (Lipinski definition) is 2. The Kier molecular flexibility index (Phi) is 4.65. The number of carbonyl (C=O) groups is 2. The Morgan fingerprint density at radius 2 is 2.00 bits per heavy atom. The van der Waals surface area contributed by atoms with Gasteiger partial charge in [0.25, 0.3) is 5.91 Å². The van der Waals surface area contributed by atoms with Gasteiger partial charge in [-0.25, -0.2) is 0 Å². The number of fused-ring (bicyclic) bond motifs is 1. The average molecular weight is 367 g/mol. The first-order valence-corrected chi connectivity index (χ1v) is 8.14. The Balaban J connectivity index is 1.83. The molecule has 1 heterocycles. The Morgan fingerprint density at radius 1 is 1.23 bits per heavy atom. The second-order valence-electron chi connectivity index (χ2n) is 5.82. The van der Waals surface area contributed by atoms with E-state index in [1.54, 1.807) is 35.9 Å². The molecule has 0 aliphatic heterocycles. The lowest BCUT2D eigenvalue weighted by atomic mass is 10.0. The van der Waals surface area contributed by atoms with Crippen LogP contribution in [0, 0.1) is 11.3 Å². The van der Waals surface area contributed by atoms with Crippen LogP contribution in [0.5, 0.6) is 0 Å². The highest BCUT2D eigenvalue weighted by atomic mass is 35.5. The maximum atomic E-state index is 12.5. The lowest BCUT2D eigenvalue weighted by molar-refractivity contribution is 0.0941. The number of nitrogens with one attached hydrogen (secondary N) is 1. The normalized spacial score (nSPS) is 10.5. The van der Waals surface area contributed by atoms with E-state index < -0.39 is 5.91 Å². The number of nitriles is 1. The van der Waals surface area contributed by atoms with Crippen LogP contribution in [0.4, 0.5) is 0 Å². The van der Waals surface area contributed by atoms with Gasteiger partial charge in [-0.2, -0.15) is 5.26 Å². The van der Waals surface area contributed by atoms with Gasteiger partial charge in [-0.1, -0.05) is 23.7 Å². The lowest BCUT2D eigenvalue weighted by Gasteiger charge is -2.09. The third-order valence-corrected chi connectivity index (χ3v) is 4.43. The SMILES string of the molecule is Cn1c(C(=O)NCc2ccc(C(N)=O)cc2C#N)cc2ccc(Cl)cc21. The molecule has 0 unspecified atom stereocenters. The molecule has 7 heteroatoms. The molecule has 3 rings (SSSR count). The molecule has 0 bridgehead atoms. The second-order valence-corrected chi connectivity index (χ2v) is 6.26. The van der Waals surface area contributed by atoms with Crippen LogP contribution in [0.25, 0.3) is 10.9 Å². The number of amides is 2. The van der Waals surface area contributed by atoms with Crippen LogP contribution in [-0.4, -0.2) is 16.4 Å². The quantitative estimate of drug-likeness (QED) is 0.742. The van der Waals surface area contributed by atoms with Gasteiger partial charge in [0, 0.05) is 35.1 Å². The molecule has 6 nitrogen and oxygen atoms in total. The van der Waals surface area contributed by atoms with Crippen molar-refractivity contribution in [3.05, 3.63) is 69.9 Å². The maximum absolute atomic E-state index is 12.5. The van der Waals surface area contributed by atoms with Gasteiger partial charge in [-0.3, -0.25) is 9.59 Å². The molecule has 26 heavy (non-hydrogen) atoms. The van der Waals surface area contributed by atoms with Gasteiger partial charge < -0.3 is 15.6 Å². The van der Waals surface area contributed by atoms with E-state index in [1.807, 2.05) is 12.1 Å². The van der Waals surface area contributed by atoms with Gasteiger partial charge in [0.15, 0.2) is 0 Å². The summed E-state index contributed by atoms with van der Waals surface area (Å²) in [6.07, 6.45) is 0. The molecule has 0 aliphatic rings. The monoisotopic (exact) mass is 366 g/mol. The molecule has 2 amide bonds. The first-order chi connectivity index (χ1) is 12.4. The number of benzene rings is 2. The molecule has 3 N–H and O–H groups in total. The zero-order valence-corrected chi connectivity index (χ0v) is 14.7. The number of aromatic nitrogens is 1. The Bertz CT molecular complexity index is 1080. The van der Waals surface area contributed by atoms with E-state index in [1.165, 1.54) is 12.1 Å². The van der Waals surface area contributed by atoms with Crippen molar-refractivity contribution in [1.29, 1.82) is 5.26 Å². The zero-order chi connectivity index (χ0) is 18.8. The van der Waals surface area contributed by atoms with Gasteiger partial charge in [0.1, 0.15) is 5.69 Å². The lowest BCUT2D eigenvalue weighted by Crippen LogP contribution is -2.25. The molecule has 2 aromatic carbocycles. The molecule has 130 valence electrons. The number of nitrogens with two attached hydrogens (primary N) is 1. The van der Waals surface area contributed by atoms with Gasteiger partial charge in [-0.15, -0.1) is 0 Å². The van der Waals surface area contributed by atoms with Crippen molar-refractivity contribution in [2.45, 2.75) is 6.54 Å². The van der Waals surface area contributed by atoms with E-state index in [2.05, 4.69) is 5.32 Å². The predicted octanol–water partition coefficient (Wildman–Crippen LogP) is 2.73. The summed E-state index contributed by atoms with van der Waals surface area (Å²) in [7, 11) is 1.79. The van der Waals surface area contributed by atoms with E-state index in [9.17, 15) is 14.9 Å². The molecule has 0 radical (unpaired) electrons. The summed E-state index contributed by atoms with van der Waals surface area (Å²) in [5.74, 6) is -0.881. The summed E-state index contributed by atoms with van der Waals surface area (Å²) >= 11 is 6.01. The van der Waals surface area contributed by atoms with Crippen molar-refractivity contribution in [1.82, 2.24) is 9.88 Å². The van der Waals surface area contributed by atoms with Crippen LogP contribution in [0.15, 0.2) is 42.5 Å². The minimum absolute atomic E-state index is 0.156. The molecule has 0 fully saturated rings. The summed E-state index contributed by atoms with van der Waals surface area (Å²) in [5.41, 5.74) is 7.71. The minimum atomic E-state index is -0.605. The number of nitrogens with zero attached hydrogens (tertiary/aromatic N) is 2. The number of primary amides is 1. The average Bonchev–Trinajstić information content (AvgIpc) is 2.95. The Hall–Kier alpha value is -3.30. The summed E-state index contributed by atoms with van der Waals surface area (Å²) in [4.78, 5) is 23.8. The van der Waals surface area contributed by atoms with Crippen LogP contribution >= 0.6 is 11.6 Å². The van der Waals surface area contributed by atoms with E-state index in [4.69, 9.17) is 17.3 Å². The van der Waals surface area contributed by atoms with Crippen molar-refractivity contribution >= 4 is 34.3 Å². The van der Waals surface area contributed by atoms with Gasteiger partial charge in [0.2, 0.25) is 5.91 Å². The number of aryl methyl sites for hydroxylation is 1. The maximum Gasteiger partial charge on any atom is 0.268 e. The summed E-state index contributed by atoms with van der Waals surface area (Å²) in [6.45, 7) is 0.156. The third-order valence-electron chi connectivity index (χ3n) is 4.19. The van der Waals surface area contributed by atoms with Crippen molar-refractivity contribution < 1.29 is 9.59 Å². The molecule has 0 saturated heterocycles. The van der Waals surface area contributed by atoms with E-state index >= 15 is 0 Å². The molecule has 1 aromatic heterocycles. The Morgan fingerprint density at radius 3 is 2.69 bits per heavy atom. The fraction of sp³-hybridized carbons (Fsp3) is 0.105. The first kappa shape index (κ1) is 17.5. The van der Waals surface area contributed by atoms with Crippen LogP contribution in [-0.2, 0) is 13.6 Å². The van der Waals surface area contributed by atoms with Crippen molar-refractivity contribution in [3.63, 3.8) is 0 Å². The minimum Gasteiger partial charge on any atom is -0.366 e. The largest absolute Gasteiger partial charge is 0.366 e. The molecule has 0 aliphatic carbocycles. The van der Waals surface area contributed by atoms with E-state index in [0.29, 0.717) is 21.8 Å². The Labute approximate surface area is 154 Å². The number of rotatable bonds is 4. The highest BCUT2D eigenvalue weighted by Gasteiger charge is 2.14. The smallest absolute Gasteiger partial charge is 0.268 e. The zero-order valence-electron chi connectivity index (χ0n) is 13.9. The molecule has 3 aromatic rings. The van der Waals surface area contributed by atoms with E-state index in [0.717, 1.165) is 10.9 Å². The molecule has 0 spiro atoms. The summed E-state index contributed by atoms with van der Waals surface area (Å²) in [5, 5.41) is 13.5.